The highest BCUT2D eigenvalue weighted by Crippen LogP contribution is 2.24. The van der Waals surface area contributed by atoms with Gasteiger partial charge in [0.1, 0.15) is 11.6 Å². The fourth-order valence-electron chi connectivity index (χ4n) is 1.56. The molecular weight excluding hydrogens is 224 g/mol. The lowest BCUT2D eigenvalue weighted by atomic mass is 10.0. The zero-order valence-electron chi connectivity index (χ0n) is 8.78. The van der Waals surface area contributed by atoms with Crippen molar-refractivity contribution in [2.45, 2.75) is 0 Å². The van der Waals surface area contributed by atoms with Crippen LogP contribution in [0.25, 0.3) is 11.1 Å². The predicted octanol–water partition coefficient (Wildman–Crippen LogP) is 2.73. The van der Waals surface area contributed by atoms with Crippen molar-refractivity contribution in [3.8, 4) is 11.1 Å². The van der Waals surface area contributed by atoms with E-state index in [4.69, 9.17) is 5.73 Å². The zero-order chi connectivity index (χ0) is 12.4. The van der Waals surface area contributed by atoms with Crippen LogP contribution in [-0.2, 0) is 0 Å². The van der Waals surface area contributed by atoms with Gasteiger partial charge >= 0.3 is 0 Å². The summed E-state index contributed by atoms with van der Waals surface area (Å²) < 4.78 is 26.7. The number of hydrogen-bond donors (Lipinski definition) is 1. The van der Waals surface area contributed by atoms with Gasteiger partial charge in [-0.25, -0.2) is 8.78 Å². The Hall–Kier alpha value is -2.23. The Kier molecular flexibility index (Phi) is 2.87. The molecule has 0 saturated heterocycles. The molecule has 0 aliphatic carbocycles. The van der Waals surface area contributed by atoms with Crippen molar-refractivity contribution < 1.29 is 13.6 Å². The highest BCUT2D eigenvalue weighted by molar-refractivity contribution is 5.93. The molecule has 2 aromatic rings. The number of benzene rings is 2. The van der Waals surface area contributed by atoms with Gasteiger partial charge in [0.15, 0.2) is 0 Å². The van der Waals surface area contributed by atoms with Crippen molar-refractivity contribution in [1.29, 1.82) is 0 Å². The number of amides is 1. The maximum absolute atomic E-state index is 13.7. The molecule has 0 fully saturated rings. The maximum Gasteiger partial charge on any atom is 0.248 e. The molecule has 0 saturated carbocycles. The molecule has 0 aliphatic heterocycles. The van der Waals surface area contributed by atoms with Gasteiger partial charge < -0.3 is 5.73 Å². The first-order valence-corrected chi connectivity index (χ1v) is 4.93. The van der Waals surface area contributed by atoms with Crippen LogP contribution in [0.3, 0.4) is 0 Å². The largest absolute Gasteiger partial charge is 0.366 e. The van der Waals surface area contributed by atoms with E-state index in [-0.39, 0.29) is 11.1 Å². The average Bonchev–Trinajstić information content (AvgIpc) is 2.28. The third-order valence-corrected chi connectivity index (χ3v) is 2.39. The molecule has 0 heterocycles. The molecule has 2 rings (SSSR count). The van der Waals surface area contributed by atoms with Crippen LogP contribution in [0.2, 0.25) is 0 Å². The van der Waals surface area contributed by atoms with E-state index in [9.17, 15) is 13.6 Å². The van der Waals surface area contributed by atoms with Crippen molar-refractivity contribution in [1.82, 2.24) is 0 Å². The van der Waals surface area contributed by atoms with Crippen LogP contribution in [0.1, 0.15) is 10.4 Å². The van der Waals surface area contributed by atoms with Crippen molar-refractivity contribution in [3.05, 3.63) is 59.7 Å². The van der Waals surface area contributed by atoms with Crippen molar-refractivity contribution in [2.75, 3.05) is 0 Å². The fourth-order valence-corrected chi connectivity index (χ4v) is 1.56. The summed E-state index contributed by atoms with van der Waals surface area (Å²) >= 11 is 0. The van der Waals surface area contributed by atoms with E-state index < -0.39 is 17.5 Å². The van der Waals surface area contributed by atoms with Gasteiger partial charge in [-0.15, -0.1) is 0 Å². The quantitative estimate of drug-likeness (QED) is 0.851. The summed E-state index contributed by atoms with van der Waals surface area (Å²) in [6.07, 6.45) is 0. The second kappa shape index (κ2) is 4.33. The number of halogens is 2. The van der Waals surface area contributed by atoms with E-state index in [1.54, 1.807) is 6.07 Å². The molecule has 0 bridgehead atoms. The van der Waals surface area contributed by atoms with Crippen LogP contribution < -0.4 is 5.73 Å². The summed E-state index contributed by atoms with van der Waals surface area (Å²) in [7, 11) is 0. The Morgan fingerprint density at radius 2 is 1.82 bits per heavy atom. The number of rotatable bonds is 2. The van der Waals surface area contributed by atoms with Crippen LogP contribution >= 0.6 is 0 Å². The minimum atomic E-state index is -0.699. The summed E-state index contributed by atoms with van der Waals surface area (Å²) in [6.45, 7) is 0. The van der Waals surface area contributed by atoms with Gasteiger partial charge in [0, 0.05) is 11.1 Å². The standard InChI is InChI=1S/C13H9F2NO/c14-10-3-1-2-8(6-10)11-5-4-9(13(16)17)7-12(11)15/h1-7H,(H2,16,17). The highest BCUT2D eigenvalue weighted by Gasteiger charge is 2.09. The maximum atomic E-state index is 13.7. The molecular formula is C13H9F2NO. The van der Waals surface area contributed by atoms with Crippen LogP contribution in [0, 0.1) is 11.6 Å². The lowest BCUT2D eigenvalue weighted by Crippen LogP contribution is -2.11. The summed E-state index contributed by atoms with van der Waals surface area (Å²) in [4.78, 5) is 10.9. The minimum Gasteiger partial charge on any atom is -0.366 e. The zero-order valence-corrected chi connectivity index (χ0v) is 8.78. The van der Waals surface area contributed by atoms with Crippen LogP contribution in [0.4, 0.5) is 8.78 Å². The van der Waals surface area contributed by atoms with Crippen LogP contribution in [-0.4, -0.2) is 5.91 Å². The summed E-state index contributed by atoms with van der Waals surface area (Å²) in [6, 6.07) is 9.44. The van der Waals surface area contributed by atoms with Crippen molar-refractivity contribution >= 4 is 5.91 Å². The number of nitrogens with two attached hydrogens (primary N) is 1. The lowest BCUT2D eigenvalue weighted by molar-refractivity contribution is 0.1000. The number of carbonyl (C=O) groups excluding carboxylic acids is 1. The molecule has 0 spiro atoms. The molecule has 0 radical (unpaired) electrons. The normalized spacial score (nSPS) is 10.2. The smallest absolute Gasteiger partial charge is 0.248 e. The van der Waals surface area contributed by atoms with Gasteiger partial charge in [-0.05, 0) is 29.8 Å². The average molecular weight is 233 g/mol. The molecule has 1 amide bonds. The van der Waals surface area contributed by atoms with Crippen molar-refractivity contribution in [3.63, 3.8) is 0 Å². The molecule has 0 aliphatic rings. The van der Waals surface area contributed by atoms with Gasteiger partial charge in [0.05, 0.1) is 0 Å². The first kappa shape index (κ1) is 11.3. The molecule has 0 aromatic heterocycles. The third-order valence-electron chi connectivity index (χ3n) is 2.39. The van der Waals surface area contributed by atoms with Gasteiger partial charge in [-0.2, -0.15) is 0 Å². The molecule has 0 atom stereocenters. The fraction of sp³-hybridized carbons (Fsp3) is 0. The predicted molar refractivity (Wildman–Crippen MR) is 60.3 cm³/mol. The second-order valence-corrected chi connectivity index (χ2v) is 3.57. The number of carbonyl (C=O) groups is 1. The van der Waals surface area contributed by atoms with Crippen LogP contribution in [0.5, 0.6) is 0 Å². The Morgan fingerprint density at radius 1 is 1.06 bits per heavy atom. The Morgan fingerprint density at radius 3 is 2.41 bits per heavy atom. The molecule has 2 nitrogen and oxygen atoms in total. The Bertz CT molecular complexity index is 581. The third kappa shape index (κ3) is 2.30. The van der Waals surface area contributed by atoms with E-state index in [0.29, 0.717) is 5.56 Å². The highest BCUT2D eigenvalue weighted by atomic mass is 19.1. The van der Waals surface area contributed by atoms with Gasteiger partial charge in [0.2, 0.25) is 5.91 Å². The lowest BCUT2D eigenvalue weighted by Gasteiger charge is -2.04. The molecule has 86 valence electrons. The molecule has 0 unspecified atom stereocenters. The Labute approximate surface area is 96.7 Å². The Balaban J connectivity index is 2.50. The summed E-state index contributed by atoms with van der Waals surface area (Å²) in [5.41, 5.74) is 5.76. The van der Waals surface area contributed by atoms with Crippen molar-refractivity contribution in [2.24, 2.45) is 5.73 Å². The first-order valence-electron chi connectivity index (χ1n) is 4.93. The molecule has 4 heteroatoms. The van der Waals surface area contributed by atoms with E-state index >= 15 is 0 Å². The number of hydrogen-bond acceptors (Lipinski definition) is 1. The first-order chi connectivity index (χ1) is 8.08. The SMILES string of the molecule is NC(=O)c1ccc(-c2cccc(F)c2)c(F)c1. The summed E-state index contributed by atoms with van der Waals surface area (Å²) in [5.74, 6) is -1.75. The summed E-state index contributed by atoms with van der Waals surface area (Å²) in [5, 5.41) is 0. The minimum absolute atomic E-state index is 0.0858. The molecule has 2 N–H and O–H groups in total. The molecule has 17 heavy (non-hydrogen) atoms. The number of primary amides is 1. The van der Waals surface area contributed by atoms with Gasteiger partial charge in [-0.3, -0.25) is 4.79 Å². The van der Waals surface area contributed by atoms with E-state index in [0.717, 1.165) is 6.07 Å². The van der Waals surface area contributed by atoms with E-state index in [2.05, 4.69) is 0 Å². The van der Waals surface area contributed by atoms with Gasteiger partial charge in [0.25, 0.3) is 0 Å². The topological polar surface area (TPSA) is 43.1 Å². The van der Waals surface area contributed by atoms with E-state index in [1.165, 1.54) is 30.3 Å². The monoisotopic (exact) mass is 233 g/mol. The molecule has 2 aromatic carbocycles. The van der Waals surface area contributed by atoms with Crippen LogP contribution in [0.15, 0.2) is 42.5 Å². The van der Waals surface area contributed by atoms with E-state index in [1.807, 2.05) is 0 Å². The second-order valence-electron chi connectivity index (χ2n) is 3.57. The van der Waals surface area contributed by atoms with Gasteiger partial charge in [-0.1, -0.05) is 18.2 Å².